The van der Waals surface area contributed by atoms with Crippen LogP contribution < -0.4 is 0 Å². The Balaban J connectivity index is 2.60. The molecule has 3 rings (SSSR count). The first kappa shape index (κ1) is 10.1. The largest absolute Gasteiger partial charge is 0.507 e. The molecule has 0 atom stereocenters. The zero-order valence-electron chi connectivity index (χ0n) is 7.96. The third-order valence-electron chi connectivity index (χ3n) is 2.50. The molecule has 0 unspecified atom stereocenters. The summed E-state index contributed by atoms with van der Waals surface area (Å²) in [6, 6.07) is 5.47. The van der Waals surface area contributed by atoms with Crippen LogP contribution in [0.5, 0.6) is 5.75 Å². The molecule has 3 nitrogen and oxygen atoms in total. The maximum Gasteiger partial charge on any atom is 0.138 e. The van der Waals surface area contributed by atoms with Crippen molar-refractivity contribution in [1.82, 2.24) is 9.97 Å². The van der Waals surface area contributed by atoms with E-state index >= 15 is 0 Å². The summed E-state index contributed by atoms with van der Waals surface area (Å²) in [5, 5.41) is 11.6. The van der Waals surface area contributed by atoms with Crippen molar-refractivity contribution in [1.29, 1.82) is 0 Å². The Morgan fingerprint density at radius 2 is 2.06 bits per heavy atom. The lowest BCUT2D eigenvalue weighted by Crippen LogP contribution is -1.75. The van der Waals surface area contributed by atoms with Crippen molar-refractivity contribution in [3.8, 4) is 5.75 Å². The zero-order valence-corrected chi connectivity index (χ0v) is 11.1. The van der Waals surface area contributed by atoms with Crippen molar-refractivity contribution >= 4 is 53.8 Å². The number of benzene rings is 1. The normalized spacial score (nSPS) is 11.4. The molecule has 0 aliphatic heterocycles. The van der Waals surface area contributed by atoms with Gasteiger partial charge in [0.05, 0.1) is 4.47 Å². The van der Waals surface area contributed by atoms with Gasteiger partial charge in [0.15, 0.2) is 0 Å². The molecule has 5 heteroatoms. The van der Waals surface area contributed by atoms with Crippen LogP contribution in [0.2, 0.25) is 0 Å². The van der Waals surface area contributed by atoms with Crippen LogP contribution >= 0.6 is 31.9 Å². The van der Waals surface area contributed by atoms with Gasteiger partial charge in [0.2, 0.25) is 0 Å². The number of hydrogen-bond donors (Lipinski definition) is 2. The lowest BCUT2D eigenvalue weighted by Gasteiger charge is -1.98. The summed E-state index contributed by atoms with van der Waals surface area (Å²) < 4.78 is 1.60. The third-order valence-corrected chi connectivity index (χ3v) is 3.73. The van der Waals surface area contributed by atoms with E-state index in [1.807, 2.05) is 12.1 Å². The second kappa shape index (κ2) is 3.46. The fraction of sp³-hybridized carbons (Fsp3) is 0. The van der Waals surface area contributed by atoms with E-state index in [9.17, 15) is 5.11 Å². The maximum absolute atomic E-state index is 9.67. The number of aromatic hydroxyl groups is 1. The first-order chi connectivity index (χ1) is 7.66. The van der Waals surface area contributed by atoms with Gasteiger partial charge in [0.1, 0.15) is 11.4 Å². The van der Waals surface area contributed by atoms with Crippen LogP contribution in [0, 0.1) is 0 Å². The minimum absolute atomic E-state index is 0.230. The molecule has 0 aliphatic rings. The molecule has 0 aliphatic carbocycles. The summed E-state index contributed by atoms with van der Waals surface area (Å²) in [7, 11) is 0. The van der Waals surface area contributed by atoms with Crippen molar-refractivity contribution < 1.29 is 5.11 Å². The van der Waals surface area contributed by atoms with Gasteiger partial charge in [0, 0.05) is 27.0 Å². The molecular formula is C11H6Br2N2O. The molecule has 0 amide bonds. The van der Waals surface area contributed by atoms with Crippen LogP contribution in [0.4, 0.5) is 0 Å². The number of aromatic amines is 1. The van der Waals surface area contributed by atoms with E-state index < -0.39 is 0 Å². The predicted molar refractivity (Wildman–Crippen MR) is 70.7 cm³/mol. The fourth-order valence-corrected chi connectivity index (χ4v) is 2.68. The molecule has 0 fully saturated rings. The molecule has 16 heavy (non-hydrogen) atoms. The lowest BCUT2D eigenvalue weighted by molar-refractivity contribution is 0.473. The molecule has 3 aromatic rings. The zero-order chi connectivity index (χ0) is 11.3. The summed E-state index contributed by atoms with van der Waals surface area (Å²) >= 11 is 6.78. The topological polar surface area (TPSA) is 48.9 Å². The molecule has 2 N–H and O–H groups in total. The summed E-state index contributed by atoms with van der Waals surface area (Å²) in [5.41, 5.74) is 1.76. The Morgan fingerprint density at radius 3 is 2.88 bits per heavy atom. The number of fused-ring (bicyclic) bond motifs is 3. The highest BCUT2D eigenvalue weighted by atomic mass is 79.9. The van der Waals surface area contributed by atoms with Crippen molar-refractivity contribution in [2.75, 3.05) is 0 Å². The SMILES string of the molecule is Oc1ccc2[nH]c3ncc(Br)cc3c2c1Br. The van der Waals surface area contributed by atoms with Gasteiger partial charge in [-0.15, -0.1) is 0 Å². The predicted octanol–water partition coefficient (Wildman–Crippen LogP) is 3.95. The number of hydrogen-bond acceptors (Lipinski definition) is 2. The van der Waals surface area contributed by atoms with Crippen LogP contribution in [-0.4, -0.2) is 15.1 Å². The third kappa shape index (κ3) is 1.35. The van der Waals surface area contributed by atoms with E-state index in [1.165, 1.54) is 0 Å². The minimum atomic E-state index is 0.230. The van der Waals surface area contributed by atoms with Crippen molar-refractivity contribution in [2.45, 2.75) is 0 Å². The molecule has 2 heterocycles. The second-order valence-electron chi connectivity index (χ2n) is 3.50. The van der Waals surface area contributed by atoms with E-state index in [1.54, 1.807) is 12.3 Å². The van der Waals surface area contributed by atoms with Crippen molar-refractivity contribution in [3.63, 3.8) is 0 Å². The van der Waals surface area contributed by atoms with Gasteiger partial charge in [-0.25, -0.2) is 4.98 Å². The standard InChI is InChI=1S/C11H6Br2N2O/c12-5-3-6-9-7(15-11(6)14-4-5)1-2-8(16)10(9)13/h1-4,16H,(H,14,15). The molecule has 2 aromatic heterocycles. The number of H-pyrrole nitrogens is 1. The number of aromatic nitrogens is 2. The van der Waals surface area contributed by atoms with Crippen LogP contribution in [0.1, 0.15) is 0 Å². The highest BCUT2D eigenvalue weighted by molar-refractivity contribution is 9.11. The van der Waals surface area contributed by atoms with Crippen LogP contribution in [-0.2, 0) is 0 Å². The highest BCUT2D eigenvalue weighted by Crippen LogP contribution is 2.37. The van der Waals surface area contributed by atoms with Gasteiger partial charge in [-0.05, 0) is 50.1 Å². The van der Waals surface area contributed by atoms with Gasteiger partial charge < -0.3 is 10.1 Å². The summed E-state index contributed by atoms with van der Waals surface area (Å²) in [4.78, 5) is 7.48. The minimum Gasteiger partial charge on any atom is -0.507 e. The molecule has 0 spiro atoms. The number of nitrogens with zero attached hydrogens (tertiary/aromatic N) is 1. The summed E-state index contributed by atoms with van der Waals surface area (Å²) in [6.07, 6.45) is 1.74. The van der Waals surface area contributed by atoms with Crippen LogP contribution in [0.3, 0.4) is 0 Å². The number of phenolic OH excluding ortho intramolecular Hbond substituents is 1. The van der Waals surface area contributed by atoms with Crippen LogP contribution in [0.15, 0.2) is 33.3 Å². The van der Waals surface area contributed by atoms with E-state index in [0.29, 0.717) is 4.47 Å². The molecular weight excluding hydrogens is 336 g/mol. The second-order valence-corrected chi connectivity index (χ2v) is 5.20. The van der Waals surface area contributed by atoms with E-state index in [-0.39, 0.29) is 5.75 Å². The number of rotatable bonds is 0. The van der Waals surface area contributed by atoms with Crippen molar-refractivity contribution in [2.24, 2.45) is 0 Å². The average Bonchev–Trinajstić information content (AvgIpc) is 2.62. The monoisotopic (exact) mass is 340 g/mol. The van der Waals surface area contributed by atoms with Gasteiger partial charge in [-0.2, -0.15) is 0 Å². The maximum atomic E-state index is 9.67. The molecule has 80 valence electrons. The van der Waals surface area contributed by atoms with Crippen LogP contribution in [0.25, 0.3) is 21.9 Å². The summed E-state index contributed by atoms with van der Waals surface area (Å²) in [5.74, 6) is 0.230. The molecule has 1 aromatic carbocycles. The highest BCUT2D eigenvalue weighted by Gasteiger charge is 2.11. The Kier molecular flexibility index (Phi) is 2.19. The number of halogens is 2. The smallest absolute Gasteiger partial charge is 0.138 e. The Bertz CT molecular complexity index is 706. The molecule has 0 bridgehead atoms. The Hall–Kier alpha value is -1.07. The number of pyridine rings is 1. The summed E-state index contributed by atoms with van der Waals surface area (Å²) in [6.45, 7) is 0. The number of nitrogens with one attached hydrogen (secondary N) is 1. The average molecular weight is 342 g/mol. The quantitative estimate of drug-likeness (QED) is 0.650. The molecule has 0 saturated heterocycles. The van der Waals surface area contributed by atoms with Gasteiger partial charge in [0.25, 0.3) is 0 Å². The van der Waals surface area contributed by atoms with E-state index in [4.69, 9.17) is 0 Å². The molecule has 0 radical (unpaired) electrons. The first-order valence-electron chi connectivity index (χ1n) is 4.61. The van der Waals surface area contributed by atoms with E-state index in [0.717, 1.165) is 26.4 Å². The van der Waals surface area contributed by atoms with E-state index in [2.05, 4.69) is 41.8 Å². The Labute approximate surface area is 108 Å². The fourth-order valence-electron chi connectivity index (χ4n) is 1.79. The van der Waals surface area contributed by atoms with Gasteiger partial charge >= 0.3 is 0 Å². The first-order valence-corrected chi connectivity index (χ1v) is 6.20. The molecule has 0 saturated carbocycles. The lowest BCUT2D eigenvalue weighted by atomic mass is 10.2. The van der Waals surface area contributed by atoms with Crippen molar-refractivity contribution in [3.05, 3.63) is 33.3 Å². The Morgan fingerprint density at radius 1 is 1.25 bits per heavy atom. The van der Waals surface area contributed by atoms with Gasteiger partial charge in [-0.3, -0.25) is 0 Å². The number of phenols is 1. The van der Waals surface area contributed by atoms with Gasteiger partial charge in [-0.1, -0.05) is 0 Å².